The average Bonchev–Trinajstić information content (AvgIpc) is 2.86. The minimum absolute atomic E-state index is 0.425. The fourth-order valence-electron chi connectivity index (χ4n) is 3.21. The van der Waals surface area contributed by atoms with Crippen LogP contribution in [0.4, 0.5) is 11.8 Å². The Labute approximate surface area is 140 Å². The van der Waals surface area contributed by atoms with Crippen LogP contribution in [0.1, 0.15) is 0 Å². The lowest BCUT2D eigenvalue weighted by Gasteiger charge is -2.43. The largest absolute Gasteiger partial charge is 0.376 e. The lowest BCUT2D eigenvalue weighted by Crippen LogP contribution is -2.59. The Bertz CT molecular complexity index is 658. The summed E-state index contributed by atoms with van der Waals surface area (Å²) in [4.78, 5) is 21.6. The Morgan fingerprint density at radius 1 is 0.917 bits per heavy atom. The van der Waals surface area contributed by atoms with Crippen LogP contribution in [-0.4, -0.2) is 71.5 Å². The number of nitrogens with zero attached hydrogens (tertiary/aromatic N) is 6. The quantitative estimate of drug-likeness (QED) is 0.783. The number of hydrogen-bond donors (Lipinski definition) is 0. The predicted molar refractivity (Wildman–Crippen MR) is 88.0 cm³/mol. The molecule has 2 aliphatic heterocycles. The molecule has 1 spiro atoms. The van der Waals surface area contributed by atoms with Crippen LogP contribution in [0.5, 0.6) is 0 Å². The summed E-state index contributed by atoms with van der Waals surface area (Å²) in [6.07, 6.45) is 8.70. The molecular weight excluding hydrogens is 308 g/mol. The van der Waals surface area contributed by atoms with Gasteiger partial charge in [-0.05, 0) is 6.07 Å². The summed E-state index contributed by atoms with van der Waals surface area (Å²) < 4.78 is 12.0. The molecule has 0 N–H and O–H groups in total. The van der Waals surface area contributed by atoms with Crippen LogP contribution in [-0.2, 0) is 9.47 Å². The summed E-state index contributed by atoms with van der Waals surface area (Å²) in [6.45, 7) is 4.75. The molecule has 24 heavy (non-hydrogen) atoms. The highest BCUT2D eigenvalue weighted by atomic mass is 16.5. The molecule has 2 aliphatic rings. The molecule has 126 valence electrons. The van der Waals surface area contributed by atoms with Crippen molar-refractivity contribution in [1.82, 2.24) is 19.9 Å². The van der Waals surface area contributed by atoms with Gasteiger partial charge in [0.1, 0.15) is 11.4 Å². The SMILES string of the molecule is c1cnc(N2CCOCC3(CN(c4cnccn4)CCO3)C2)nc1. The summed E-state index contributed by atoms with van der Waals surface area (Å²) in [6, 6.07) is 1.82. The summed E-state index contributed by atoms with van der Waals surface area (Å²) >= 11 is 0. The van der Waals surface area contributed by atoms with Crippen LogP contribution in [0.2, 0.25) is 0 Å². The highest BCUT2D eigenvalue weighted by Gasteiger charge is 2.41. The second-order valence-electron chi connectivity index (χ2n) is 6.04. The van der Waals surface area contributed by atoms with Gasteiger partial charge >= 0.3 is 0 Å². The lowest BCUT2D eigenvalue weighted by atomic mass is 10.0. The number of ether oxygens (including phenoxy) is 2. The molecule has 4 heterocycles. The van der Waals surface area contributed by atoms with Gasteiger partial charge in [0.05, 0.1) is 39.1 Å². The fraction of sp³-hybridized carbons (Fsp3) is 0.500. The van der Waals surface area contributed by atoms with E-state index in [1.807, 2.05) is 6.07 Å². The van der Waals surface area contributed by atoms with Crippen LogP contribution >= 0.6 is 0 Å². The van der Waals surface area contributed by atoms with E-state index >= 15 is 0 Å². The second kappa shape index (κ2) is 6.66. The number of anilines is 2. The lowest BCUT2D eigenvalue weighted by molar-refractivity contribution is -0.0898. The average molecular weight is 328 g/mol. The van der Waals surface area contributed by atoms with E-state index in [-0.39, 0.29) is 0 Å². The highest BCUT2D eigenvalue weighted by Crippen LogP contribution is 2.26. The number of aromatic nitrogens is 4. The highest BCUT2D eigenvalue weighted by molar-refractivity contribution is 5.38. The number of morpholine rings is 1. The van der Waals surface area contributed by atoms with Gasteiger partial charge in [-0.25, -0.2) is 15.0 Å². The zero-order chi connectivity index (χ0) is 16.2. The third-order valence-corrected chi connectivity index (χ3v) is 4.31. The van der Waals surface area contributed by atoms with E-state index in [2.05, 4.69) is 29.7 Å². The molecule has 2 saturated heterocycles. The first-order chi connectivity index (χ1) is 11.8. The maximum atomic E-state index is 6.18. The summed E-state index contributed by atoms with van der Waals surface area (Å²) in [5, 5.41) is 0. The summed E-state index contributed by atoms with van der Waals surface area (Å²) in [5.41, 5.74) is -0.425. The van der Waals surface area contributed by atoms with Crippen molar-refractivity contribution >= 4 is 11.8 Å². The first kappa shape index (κ1) is 15.2. The van der Waals surface area contributed by atoms with Gasteiger partial charge in [0.15, 0.2) is 0 Å². The smallest absolute Gasteiger partial charge is 0.225 e. The van der Waals surface area contributed by atoms with Crippen molar-refractivity contribution in [1.29, 1.82) is 0 Å². The van der Waals surface area contributed by atoms with Crippen molar-refractivity contribution in [2.24, 2.45) is 0 Å². The van der Waals surface area contributed by atoms with Crippen molar-refractivity contribution < 1.29 is 9.47 Å². The van der Waals surface area contributed by atoms with Gasteiger partial charge in [-0.1, -0.05) is 0 Å². The van der Waals surface area contributed by atoms with E-state index in [0.717, 1.165) is 18.9 Å². The maximum Gasteiger partial charge on any atom is 0.225 e. The minimum atomic E-state index is -0.425. The van der Waals surface area contributed by atoms with E-state index in [1.54, 1.807) is 31.0 Å². The Kier molecular flexibility index (Phi) is 4.22. The Morgan fingerprint density at radius 3 is 2.58 bits per heavy atom. The molecule has 0 amide bonds. The second-order valence-corrected chi connectivity index (χ2v) is 6.04. The molecule has 2 aromatic rings. The van der Waals surface area contributed by atoms with Crippen molar-refractivity contribution in [3.05, 3.63) is 37.1 Å². The van der Waals surface area contributed by atoms with Crippen molar-refractivity contribution in [3.8, 4) is 0 Å². The standard InChI is InChI=1S/C16H20N6O2/c1-2-19-15(20-3-1)22-6-8-23-13-16(12-22)11-21(7-9-24-16)14-10-17-4-5-18-14/h1-5,10H,6-9,11-13H2. The van der Waals surface area contributed by atoms with Crippen molar-refractivity contribution in [3.63, 3.8) is 0 Å². The molecule has 8 nitrogen and oxygen atoms in total. The van der Waals surface area contributed by atoms with Gasteiger partial charge in [-0.15, -0.1) is 0 Å². The summed E-state index contributed by atoms with van der Waals surface area (Å²) in [7, 11) is 0. The molecular formula is C16H20N6O2. The van der Waals surface area contributed by atoms with E-state index in [4.69, 9.17) is 9.47 Å². The van der Waals surface area contributed by atoms with Crippen LogP contribution in [0.15, 0.2) is 37.1 Å². The van der Waals surface area contributed by atoms with Crippen LogP contribution in [0.3, 0.4) is 0 Å². The first-order valence-electron chi connectivity index (χ1n) is 8.09. The van der Waals surface area contributed by atoms with Gasteiger partial charge in [0.2, 0.25) is 5.95 Å². The molecule has 4 rings (SSSR count). The molecule has 8 heteroatoms. The van der Waals surface area contributed by atoms with Crippen molar-refractivity contribution in [2.45, 2.75) is 5.60 Å². The normalized spacial score (nSPS) is 24.8. The van der Waals surface area contributed by atoms with E-state index in [9.17, 15) is 0 Å². The zero-order valence-electron chi connectivity index (χ0n) is 13.4. The Hall–Kier alpha value is -2.32. The molecule has 1 unspecified atom stereocenters. The molecule has 0 bridgehead atoms. The molecule has 0 saturated carbocycles. The molecule has 0 radical (unpaired) electrons. The van der Waals surface area contributed by atoms with Crippen LogP contribution in [0.25, 0.3) is 0 Å². The van der Waals surface area contributed by atoms with Gasteiger partial charge < -0.3 is 19.3 Å². The van der Waals surface area contributed by atoms with Gasteiger partial charge in [-0.3, -0.25) is 4.98 Å². The van der Waals surface area contributed by atoms with Gasteiger partial charge in [0, 0.05) is 37.9 Å². The third-order valence-electron chi connectivity index (χ3n) is 4.31. The molecule has 0 aromatic carbocycles. The monoisotopic (exact) mass is 328 g/mol. The Morgan fingerprint density at radius 2 is 1.75 bits per heavy atom. The molecule has 0 aliphatic carbocycles. The van der Waals surface area contributed by atoms with E-state index in [0.29, 0.717) is 38.9 Å². The first-order valence-corrected chi connectivity index (χ1v) is 8.09. The third kappa shape index (κ3) is 3.15. The predicted octanol–water partition coefficient (Wildman–Crippen LogP) is 0.379. The molecule has 1 atom stereocenters. The fourth-order valence-corrected chi connectivity index (χ4v) is 3.21. The minimum Gasteiger partial charge on any atom is -0.376 e. The van der Waals surface area contributed by atoms with E-state index < -0.39 is 5.60 Å². The summed E-state index contributed by atoms with van der Waals surface area (Å²) in [5.74, 6) is 1.58. The maximum absolute atomic E-state index is 6.18. The van der Waals surface area contributed by atoms with Crippen molar-refractivity contribution in [2.75, 3.05) is 55.8 Å². The van der Waals surface area contributed by atoms with E-state index in [1.165, 1.54) is 0 Å². The molecule has 2 aromatic heterocycles. The topological polar surface area (TPSA) is 76.5 Å². The van der Waals surface area contributed by atoms with Crippen LogP contribution in [0, 0.1) is 0 Å². The number of hydrogen-bond acceptors (Lipinski definition) is 8. The zero-order valence-corrected chi connectivity index (χ0v) is 13.4. The van der Waals surface area contributed by atoms with Crippen LogP contribution < -0.4 is 9.80 Å². The molecule has 2 fully saturated rings. The van der Waals surface area contributed by atoms with Gasteiger partial charge in [-0.2, -0.15) is 0 Å². The van der Waals surface area contributed by atoms with Gasteiger partial charge in [0.25, 0.3) is 0 Å². The Balaban J connectivity index is 1.56. The number of rotatable bonds is 2.